The molecule has 1 saturated heterocycles. The van der Waals surface area contributed by atoms with E-state index in [4.69, 9.17) is 19.4 Å². The maximum absolute atomic E-state index is 6.00. The Labute approximate surface area is 148 Å². The van der Waals surface area contributed by atoms with Gasteiger partial charge in [-0.25, -0.2) is 9.97 Å². The highest BCUT2D eigenvalue weighted by atomic mass is 16.5. The van der Waals surface area contributed by atoms with Crippen LogP contribution in [0.3, 0.4) is 0 Å². The molecular formula is C19H24N4O2. The van der Waals surface area contributed by atoms with E-state index in [0.717, 1.165) is 60.5 Å². The lowest BCUT2D eigenvalue weighted by atomic mass is 9.97. The largest absolute Gasteiger partial charge is 0.491 e. The van der Waals surface area contributed by atoms with Crippen LogP contribution in [-0.4, -0.2) is 49.9 Å². The first kappa shape index (κ1) is 16.3. The maximum Gasteiger partial charge on any atom is 0.225 e. The van der Waals surface area contributed by atoms with E-state index in [1.165, 1.54) is 5.56 Å². The van der Waals surface area contributed by atoms with Crippen LogP contribution in [0, 0.1) is 13.8 Å². The van der Waals surface area contributed by atoms with Gasteiger partial charge in [-0.3, -0.25) is 0 Å². The monoisotopic (exact) mass is 340 g/mol. The van der Waals surface area contributed by atoms with Crippen LogP contribution in [0.5, 0.6) is 5.75 Å². The van der Waals surface area contributed by atoms with Crippen molar-refractivity contribution < 1.29 is 9.47 Å². The lowest BCUT2D eigenvalue weighted by Gasteiger charge is -2.27. The SMILES string of the molecule is CN[C@@H]1COc2c(-c3c(C)nc(N4CCOCC4)nc3C)cccc21. The Hall–Kier alpha value is -2.18. The minimum absolute atomic E-state index is 0.240. The zero-order chi connectivity index (χ0) is 17.4. The molecule has 25 heavy (non-hydrogen) atoms. The summed E-state index contributed by atoms with van der Waals surface area (Å²) in [4.78, 5) is 11.8. The Morgan fingerprint density at radius 1 is 1.12 bits per heavy atom. The number of likely N-dealkylation sites (N-methyl/N-ethyl adjacent to an activating group) is 1. The van der Waals surface area contributed by atoms with Gasteiger partial charge in [0.05, 0.1) is 30.6 Å². The van der Waals surface area contributed by atoms with Crippen LogP contribution in [0.2, 0.25) is 0 Å². The second-order valence-corrected chi connectivity index (χ2v) is 6.55. The first-order chi connectivity index (χ1) is 12.2. The first-order valence-electron chi connectivity index (χ1n) is 8.80. The molecule has 0 amide bonds. The molecule has 3 heterocycles. The van der Waals surface area contributed by atoms with Gasteiger partial charge in [0.25, 0.3) is 0 Å². The topological polar surface area (TPSA) is 59.5 Å². The van der Waals surface area contributed by atoms with Crippen molar-refractivity contribution in [1.29, 1.82) is 0 Å². The lowest BCUT2D eigenvalue weighted by molar-refractivity contribution is 0.122. The molecule has 4 rings (SSSR count). The molecular weight excluding hydrogens is 316 g/mol. The maximum atomic E-state index is 6.00. The van der Waals surface area contributed by atoms with E-state index in [1.54, 1.807) is 0 Å². The fourth-order valence-corrected chi connectivity index (χ4v) is 3.68. The number of morpholine rings is 1. The number of rotatable bonds is 3. The first-order valence-corrected chi connectivity index (χ1v) is 8.80. The van der Waals surface area contributed by atoms with Gasteiger partial charge in [0.2, 0.25) is 5.95 Å². The standard InChI is InChI=1S/C19H24N4O2/c1-12-17(13(2)22-19(21-12)23-7-9-24-10-8-23)15-6-4-5-14-16(20-3)11-25-18(14)15/h4-6,16,20H,7-11H2,1-3H3/t16-/m1/s1. The molecule has 1 N–H and O–H groups in total. The quantitative estimate of drug-likeness (QED) is 0.925. The number of ether oxygens (including phenoxy) is 2. The third-order valence-corrected chi connectivity index (χ3v) is 4.99. The van der Waals surface area contributed by atoms with Crippen molar-refractivity contribution in [3.63, 3.8) is 0 Å². The van der Waals surface area contributed by atoms with E-state index in [9.17, 15) is 0 Å². The number of benzene rings is 1. The number of hydrogen-bond acceptors (Lipinski definition) is 6. The lowest BCUT2D eigenvalue weighted by Crippen LogP contribution is -2.37. The summed E-state index contributed by atoms with van der Waals surface area (Å²) in [6.45, 7) is 7.91. The molecule has 132 valence electrons. The van der Waals surface area contributed by atoms with E-state index in [-0.39, 0.29) is 6.04 Å². The predicted molar refractivity (Wildman–Crippen MR) is 97.3 cm³/mol. The molecule has 2 aliphatic rings. The summed E-state index contributed by atoms with van der Waals surface area (Å²) in [5, 5.41) is 3.31. The van der Waals surface area contributed by atoms with Crippen molar-refractivity contribution in [2.24, 2.45) is 0 Å². The highest BCUT2D eigenvalue weighted by molar-refractivity contribution is 5.77. The van der Waals surface area contributed by atoms with Crippen molar-refractivity contribution in [1.82, 2.24) is 15.3 Å². The van der Waals surface area contributed by atoms with Gasteiger partial charge in [-0.1, -0.05) is 18.2 Å². The summed E-state index contributed by atoms with van der Waals surface area (Å²) >= 11 is 0. The number of nitrogens with one attached hydrogen (secondary N) is 1. The number of fused-ring (bicyclic) bond motifs is 1. The number of nitrogens with zero attached hydrogens (tertiary/aromatic N) is 3. The van der Waals surface area contributed by atoms with Gasteiger partial charge in [-0.15, -0.1) is 0 Å². The van der Waals surface area contributed by atoms with Crippen LogP contribution in [0.1, 0.15) is 23.0 Å². The van der Waals surface area contributed by atoms with Gasteiger partial charge >= 0.3 is 0 Å². The van der Waals surface area contributed by atoms with E-state index in [0.29, 0.717) is 6.61 Å². The minimum atomic E-state index is 0.240. The van der Waals surface area contributed by atoms with Gasteiger partial charge in [0, 0.05) is 29.8 Å². The summed E-state index contributed by atoms with van der Waals surface area (Å²) in [5.74, 6) is 1.75. The van der Waals surface area contributed by atoms with E-state index < -0.39 is 0 Å². The van der Waals surface area contributed by atoms with Gasteiger partial charge in [0.1, 0.15) is 12.4 Å². The van der Waals surface area contributed by atoms with Crippen LogP contribution < -0.4 is 15.0 Å². The van der Waals surface area contributed by atoms with Crippen molar-refractivity contribution in [3.05, 3.63) is 35.2 Å². The van der Waals surface area contributed by atoms with Gasteiger partial charge in [-0.05, 0) is 20.9 Å². The molecule has 1 aromatic heterocycles. The number of hydrogen-bond donors (Lipinski definition) is 1. The number of aryl methyl sites for hydroxylation is 2. The van der Waals surface area contributed by atoms with Crippen LogP contribution in [-0.2, 0) is 4.74 Å². The van der Waals surface area contributed by atoms with Crippen LogP contribution in [0.15, 0.2) is 18.2 Å². The zero-order valence-corrected chi connectivity index (χ0v) is 15.0. The van der Waals surface area contributed by atoms with Crippen LogP contribution >= 0.6 is 0 Å². The number of anilines is 1. The molecule has 2 aromatic rings. The fraction of sp³-hybridized carbons (Fsp3) is 0.474. The molecule has 0 spiro atoms. The van der Waals surface area contributed by atoms with E-state index in [2.05, 4.69) is 42.3 Å². The summed E-state index contributed by atoms with van der Waals surface area (Å²) in [5.41, 5.74) is 5.33. The Bertz CT molecular complexity index is 764. The van der Waals surface area contributed by atoms with Crippen molar-refractivity contribution in [3.8, 4) is 16.9 Å². The minimum Gasteiger partial charge on any atom is -0.491 e. The normalized spacial score (nSPS) is 19.6. The van der Waals surface area contributed by atoms with Crippen molar-refractivity contribution in [2.75, 3.05) is 44.9 Å². The molecule has 1 atom stereocenters. The highest BCUT2D eigenvalue weighted by Crippen LogP contribution is 2.42. The molecule has 6 nitrogen and oxygen atoms in total. The Kier molecular flexibility index (Phi) is 4.31. The van der Waals surface area contributed by atoms with Gasteiger partial charge in [-0.2, -0.15) is 0 Å². The Morgan fingerprint density at radius 2 is 1.84 bits per heavy atom. The average molecular weight is 340 g/mol. The third kappa shape index (κ3) is 2.85. The van der Waals surface area contributed by atoms with Crippen LogP contribution in [0.4, 0.5) is 5.95 Å². The molecule has 0 radical (unpaired) electrons. The summed E-state index contributed by atoms with van der Waals surface area (Å²) in [7, 11) is 1.96. The second-order valence-electron chi connectivity index (χ2n) is 6.55. The third-order valence-electron chi connectivity index (χ3n) is 4.99. The summed E-state index contributed by atoms with van der Waals surface area (Å²) < 4.78 is 11.4. The molecule has 0 bridgehead atoms. The van der Waals surface area contributed by atoms with Gasteiger partial charge < -0.3 is 19.7 Å². The van der Waals surface area contributed by atoms with Crippen LogP contribution in [0.25, 0.3) is 11.1 Å². The summed E-state index contributed by atoms with van der Waals surface area (Å²) in [6.07, 6.45) is 0. The molecule has 0 aliphatic carbocycles. The predicted octanol–water partition coefficient (Wildman–Crippen LogP) is 2.25. The summed E-state index contributed by atoms with van der Waals surface area (Å²) in [6, 6.07) is 6.55. The van der Waals surface area contributed by atoms with E-state index >= 15 is 0 Å². The number of aromatic nitrogens is 2. The molecule has 0 unspecified atom stereocenters. The molecule has 6 heteroatoms. The van der Waals surface area contributed by atoms with Crippen molar-refractivity contribution in [2.45, 2.75) is 19.9 Å². The fourth-order valence-electron chi connectivity index (χ4n) is 3.68. The molecule has 0 saturated carbocycles. The van der Waals surface area contributed by atoms with Crippen molar-refractivity contribution >= 4 is 5.95 Å². The van der Waals surface area contributed by atoms with E-state index in [1.807, 2.05) is 7.05 Å². The molecule has 2 aliphatic heterocycles. The second kappa shape index (κ2) is 6.61. The molecule has 1 fully saturated rings. The Morgan fingerprint density at radius 3 is 2.52 bits per heavy atom. The molecule has 1 aromatic carbocycles. The number of para-hydroxylation sites is 1. The zero-order valence-electron chi connectivity index (χ0n) is 15.0. The Balaban J connectivity index is 1.76. The smallest absolute Gasteiger partial charge is 0.225 e. The highest BCUT2D eigenvalue weighted by Gasteiger charge is 2.27. The van der Waals surface area contributed by atoms with Gasteiger partial charge in [0.15, 0.2) is 0 Å². The average Bonchev–Trinajstić information content (AvgIpc) is 3.06.